The van der Waals surface area contributed by atoms with Gasteiger partial charge in [0.15, 0.2) is 11.9 Å². The molecule has 1 heterocycles. The predicted molar refractivity (Wildman–Crippen MR) is 72.5 cm³/mol. The average molecular weight is 330 g/mol. The fraction of sp³-hybridized carbons (Fsp3) is 0.571. The van der Waals surface area contributed by atoms with Gasteiger partial charge in [-0.3, -0.25) is 19.2 Å². The molecule has 0 N–H and O–H groups in total. The van der Waals surface area contributed by atoms with E-state index in [1.54, 1.807) is 0 Å². The molecular formula is C14H18O9. The van der Waals surface area contributed by atoms with Crippen LogP contribution in [-0.2, 0) is 42.9 Å². The van der Waals surface area contributed by atoms with Gasteiger partial charge in [0, 0.05) is 33.8 Å². The SMILES string of the molecule is CC(=O)OC[C@H]1O[C@@H](OC(C)=O)C(OC(C)=O)=C[C@@H]1OC(C)=O. The molecule has 0 fully saturated rings. The lowest BCUT2D eigenvalue weighted by atomic mass is 10.1. The van der Waals surface area contributed by atoms with Crippen molar-refractivity contribution in [2.45, 2.75) is 46.2 Å². The van der Waals surface area contributed by atoms with E-state index in [2.05, 4.69) is 0 Å². The van der Waals surface area contributed by atoms with Crippen LogP contribution < -0.4 is 0 Å². The fourth-order valence-corrected chi connectivity index (χ4v) is 1.77. The number of ether oxygens (including phenoxy) is 5. The molecule has 0 saturated heterocycles. The molecule has 0 aliphatic carbocycles. The lowest BCUT2D eigenvalue weighted by Crippen LogP contribution is -2.45. The standard InChI is InChI=1S/C14H18O9/c1-7(15)19-6-13-11(20-8(2)16)5-12(21-9(3)17)14(23-13)22-10(4)18/h5,11,13-14H,6H2,1-4H3/t11-,13+,14+/m0/s1. The molecule has 0 radical (unpaired) electrons. The molecule has 1 rings (SSSR count). The molecule has 128 valence electrons. The molecule has 0 bridgehead atoms. The third-order valence-corrected chi connectivity index (χ3v) is 2.51. The van der Waals surface area contributed by atoms with Crippen molar-refractivity contribution in [2.75, 3.05) is 6.61 Å². The van der Waals surface area contributed by atoms with E-state index in [1.165, 1.54) is 19.9 Å². The number of rotatable bonds is 5. The Balaban J connectivity index is 3.03. The minimum Gasteiger partial charge on any atom is -0.463 e. The quantitative estimate of drug-likeness (QED) is 0.515. The minimum atomic E-state index is -1.32. The van der Waals surface area contributed by atoms with Gasteiger partial charge >= 0.3 is 23.9 Å². The van der Waals surface area contributed by atoms with E-state index in [4.69, 9.17) is 23.7 Å². The van der Waals surface area contributed by atoms with Crippen molar-refractivity contribution in [1.29, 1.82) is 0 Å². The molecule has 0 saturated carbocycles. The summed E-state index contributed by atoms with van der Waals surface area (Å²) in [4.78, 5) is 44.4. The van der Waals surface area contributed by atoms with Crippen LogP contribution in [0, 0.1) is 0 Å². The smallest absolute Gasteiger partial charge is 0.307 e. The van der Waals surface area contributed by atoms with Crippen molar-refractivity contribution in [3.63, 3.8) is 0 Å². The maximum Gasteiger partial charge on any atom is 0.307 e. The van der Waals surface area contributed by atoms with Crippen LogP contribution >= 0.6 is 0 Å². The van der Waals surface area contributed by atoms with E-state index < -0.39 is 42.4 Å². The summed E-state index contributed by atoms with van der Waals surface area (Å²) < 4.78 is 25.1. The first-order chi connectivity index (χ1) is 10.7. The molecule has 1 aliphatic heterocycles. The Kier molecular flexibility index (Phi) is 6.70. The topological polar surface area (TPSA) is 114 Å². The molecule has 0 spiro atoms. The number of hydrogen-bond donors (Lipinski definition) is 0. The third-order valence-electron chi connectivity index (χ3n) is 2.51. The highest BCUT2D eigenvalue weighted by Crippen LogP contribution is 2.24. The summed E-state index contributed by atoms with van der Waals surface area (Å²) in [6.45, 7) is 4.44. The molecule has 0 unspecified atom stereocenters. The highest BCUT2D eigenvalue weighted by Gasteiger charge is 2.38. The van der Waals surface area contributed by atoms with E-state index in [0.717, 1.165) is 13.8 Å². The van der Waals surface area contributed by atoms with E-state index in [0.29, 0.717) is 0 Å². The largest absolute Gasteiger partial charge is 0.463 e. The molecule has 0 aromatic carbocycles. The zero-order chi connectivity index (χ0) is 17.6. The van der Waals surface area contributed by atoms with Gasteiger partial charge in [0.25, 0.3) is 6.29 Å². The van der Waals surface area contributed by atoms with Crippen LogP contribution in [0.15, 0.2) is 11.8 Å². The van der Waals surface area contributed by atoms with Gasteiger partial charge in [-0.15, -0.1) is 0 Å². The maximum absolute atomic E-state index is 11.2. The molecule has 9 heteroatoms. The summed E-state index contributed by atoms with van der Waals surface area (Å²) in [6.07, 6.45) is -1.95. The summed E-state index contributed by atoms with van der Waals surface area (Å²) in [6, 6.07) is 0. The number of carbonyl (C=O) groups is 4. The summed E-state index contributed by atoms with van der Waals surface area (Å²) in [5.74, 6) is -2.65. The van der Waals surface area contributed by atoms with Crippen LogP contribution in [0.25, 0.3) is 0 Å². The Morgan fingerprint density at radius 1 is 0.957 bits per heavy atom. The van der Waals surface area contributed by atoms with Gasteiger partial charge in [0.2, 0.25) is 0 Å². The Morgan fingerprint density at radius 2 is 1.57 bits per heavy atom. The normalized spacial score (nSPS) is 23.3. The molecule has 0 aromatic heterocycles. The van der Waals surface area contributed by atoms with E-state index in [-0.39, 0.29) is 12.4 Å². The van der Waals surface area contributed by atoms with Crippen LogP contribution in [0.3, 0.4) is 0 Å². The van der Waals surface area contributed by atoms with Gasteiger partial charge in [-0.25, -0.2) is 0 Å². The highest BCUT2D eigenvalue weighted by atomic mass is 16.7. The molecular weight excluding hydrogens is 312 g/mol. The maximum atomic E-state index is 11.2. The van der Waals surface area contributed by atoms with Crippen molar-refractivity contribution in [2.24, 2.45) is 0 Å². The second-order valence-corrected chi connectivity index (χ2v) is 4.66. The summed E-state index contributed by atoms with van der Waals surface area (Å²) >= 11 is 0. The monoisotopic (exact) mass is 330 g/mol. The van der Waals surface area contributed by atoms with Crippen LogP contribution in [0.1, 0.15) is 27.7 Å². The zero-order valence-electron chi connectivity index (χ0n) is 13.2. The Bertz CT molecular complexity index is 522. The van der Waals surface area contributed by atoms with Crippen molar-refractivity contribution in [1.82, 2.24) is 0 Å². The van der Waals surface area contributed by atoms with Crippen molar-refractivity contribution >= 4 is 23.9 Å². The first-order valence-corrected chi connectivity index (χ1v) is 6.72. The second kappa shape index (κ2) is 8.28. The lowest BCUT2D eigenvalue weighted by Gasteiger charge is -2.33. The van der Waals surface area contributed by atoms with Gasteiger partial charge in [-0.1, -0.05) is 0 Å². The third kappa shape index (κ3) is 6.47. The van der Waals surface area contributed by atoms with Crippen molar-refractivity contribution in [3.05, 3.63) is 11.8 Å². The molecule has 0 amide bonds. The highest BCUT2D eigenvalue weighted by molar-refractivity contribution is 5.69. The summed E-state index contributed by atoms with van der Waals surface area (Å²) in [5, 5.41) is 0. The zero-order valence-corrected chi connectivity index (χ0v) is 13.2. The van der Waals surface area contributed by atoms with E-state index in [1.807, 2.05) is 0 Å². The minimum absolute atomic E-state index is 0.127. The first-order valence-electron chi connectivity index (χ1n) is 6.72. The molecule has 23 heavy (non-hydrogen) atoms. The lowest BCUT2D eigenvalue weighted by molar-refractivity contribution is -0.215. The van der Waals surface area contributed by atoms with Gasteiger partial charge < -0.3 is 23.7 Å². The Labute approximate surface area is 132 Å². The summed E-state index contributed by atoms with van der Waals surface area (Å²) in [7, 11) is 0. The van der Waals surface area contributed by atoms with Crippen molar-refractivity contribution < 1.29 is 42.9 Å². The van der Waals surface area contributed by atoms with Gasteiger partial charge in [-0.05, 0) is 0 Å². The van der Waals surface area contributed by atoms with Crippen LogP contribution in [-0.4, -0.2) is 49.0 Å². The van der Waals surface area contributed by atoms with Crippen LogP contribution in [0.2, 0.25) is 0 Å². The fourth-order valence-electron chi connectivity index (χ4n) is 1.77. The Morgan fingerprint density at radius 3 is 2.04 bits per heavy atom. The molecule has 0 aromatic rings. The van der Waals surface area contributed by atoms with Crippen molar-refractivity contribution in [3.8, 4) is 0 Å². The molecule has 1 aliphatic rings. The molecule has 3 atom stereocenters. The number of hydrogen-bond acceptors (Lipinski definition) is 9. The van der Waals surface area contributed by atoms with Gasteiger partial charge in [0.1, 0.15) is 12.7 Å². The van der Waals surface area contributed by atoms with Gasteiger partial charge in [0.05, 0.1) is 0 Å². The van der Waals surface area contributed by atoms with Crippen LogP contribution in [0.5, 0.6) is 0 Å². The van der Waals surface area contributed by atoms with Gasteiger partial charge in [-0.2, -0.15) is 0 Å². The number of carbonyl (C=O) groups excluding carboxylic acids is 4. The number of esters is 4. The van der Waals surface area contributed by atoms with E-state index >= 15 is 0 Å². The first kappa shape index (κ1) is 18.6. The Hall–Kier alpha value is -2.42. The van der Waals surface area contributed by atoms with E-state index in [9.17, 15) is 19.2 Å². The van der Waals surface area contributed by atoms with Crippen LogP contribution in [0.4, 0.5) is 0 Å². The average Bonchev–Trinajstić information content (AvgIpc) is 2.38. The molecule has 9 nitrogen and oxygen atoms in total. The summed E-state index contributed by atoms with van der Waals surface area (Å²) in [5.41, 5.74) is 0. The second-order valence-electron chi connectivity index (χ2n) is 4.66. The predicted octanol–water partition coefficient (Wildman–Crippen LogP) is 0.216.